The molecule has 0 saturated heterocycles. The quantitative estimate of drug-likeness (QED) is 0.589. The third-order valence-corrected chi connectivity index (χ3v) is 2.23. The molecule has 0 amide bonds. The SMILES string of the molecule is CCOC(c1nc(C)cc(NN)n1)C(C)C. The van der Waals surface area contributed by atoms with Crippen LogP contribution in [0.15, 0.2) is 6.07 Å². The predicted molar refractivity (Wildman–Crippen MR) is 63.8 cm³/mol. The lowest BCUT2D eigenvalue weighted by molar-refractivity contribution is 0.0232. The number of aryl methyl sites for hydroxylation is 1. The number of rotatable bonds is 5. The van der Waals surface area contributed by atoms with Crippen molar-refractivity contribution < 1.29 is 4.74 Å². The van der Waals surface area contributed by atoms with Crippen LogP contribution < -0.4 is 11.3 Å². The number of anilines is 1. The second kappa shape index (κ2) is 5.77. The van der Waals surface area contributed by atoms with Gasteiger partial charge in [0.05, 0.1) is 0 Å². The highest BCUT2D eigenvalue weighted by atomic mass is 16.5. The van der Waals surface area contributed by atoms with Crippen molar-refractivity contribution in [2.75, 3.05) is 12.0 Å². The summed E-state index contributed by atoms with van der Waals surface area (Å²) in [5, 5.41) is 0. The van der Waals surface area contributed by atoms with Crippen molar-refractivity contribution in [3.63, 3.8) is 0 Å². The highest BCUT2D eigenvalue weighted by molar-refractivity contribution is 5.34. The number of hydrazine groups is 1. The molecule has 0 spiro atoms. The van der Waals surface area contributed by atoms with Crippen LogP contribution in [0.5, 0.6) is 0 Å². The van der Waals surface area contributed by atoms with Gasteiger partial charge in [-0.25, -0.2) is 15.8 Å². The maximum Gasteiger partial charge on any atom is 0.160 e. The molecule has 0 aliphatic rings. The van der Waals surface area contributed by atoms with Crippen molar-refractivity contribution in [2.24, 2.45) is 11.8 Å². The second-order valence-corrected chi connectivity index (χ2v) is 4.02. The number of nitrogens with zero attached hydrogens (tertiary/aromatic N) is 2. The fourth-order valence-corrected chi connectivity index (χ4v) is 1.54. The first-order valence-electron chi connectivity index (χ1n) is 5.52. The topological polar surface area (TPSA) is 73.1 Å². The third kappa shape index (κ3) is 3.15. The summed E-state index contributed by atoms with van der Waals surface area (Å²) in [5.41, 5.74) is 3.42. The number of nitrogens with two attached hydrogens (primary N) is 1. The van der Waals surface area contributed by atoms with Gasteiger partial charge in [-0.15, -0.1) is 0 Å². The Morgan fingerprint density at radius 3 is 2.62 bits per heavy atom. The van der Waals surface area contributed by atoms with Crippen LogP contribution in [0, 0.1) is 12.8 Å². The lowest BCUT2D eigenvalue weighted by Gasteiger charge is -2.20. The normalized spacial score (nSPS) is 12.9. The van der Waals surface area contributed by atoms with Gasteiger partial charge in [0, 0.05) is 18.4 Å². The Kier molecular flexibility index (Phi) is 4.64. The molecule has 1 aromatic heterocycles. The predicted octanol–water partition coefficient (Wildman–Crippen LogP) is 1.80. The van der Waals surface area contributed by atoms with Gasteiger partial charge in [0.1, 0.15) is 11.9 Å². The lowest BCUT2D eigenvalue weighted by atomic mass is 10.1. The van der Waals surface area contributed by atoms with E-state index in [2.05, 4.69) is 29.2 Å². The molecule has 3 N–H and O–H groups in total. The van der Waals surface area contributed by atoms with E-state index in [0.29, 0.717) is 24.2 Å². The molecule has 0 radical (unpaired) electrons. The largest absolute Gasteiger partial charge is 0.370 e. The van der Waals surface area contributed by atoms with Crippen molar-refractivity contribution in [2.45, 2.75) is 33.8 Å². The van der Waals surface area contributed by atoms with Crippen molar-refractivity contribution >= 4 is 5.82 Å². The Balaban J connectivity index is 3.03. The lowest BCUT2D eigenvalue weighted by Crippen LogP contribution is -2.17. The number of nitrogens with one attached hydrogen (secondary N) is 1. The molecule has 1 rings (SSSR count). The van der Waals surface area contributed by atoms with Gasteiger partial charge < -0.3 is 10.2 Å². The molecular formula is C11H20N4O. The van der Waals surface area contributed by atoms with Crippen LogP contribution in [0.4, 0.5) is 5.82 Å². The smallest absolute Gasteiger partial charge is 0.160 e. The van der Waals surface area contributed by atoms with E-state index in [1.807, 2.05) is 13.8 Å². The number of ether oxygens (including phenoxy) is 1. The molecule has 0 fully saturated rings. The Bertz CT molecular complexity index is 341. The van der Waals surface area contributed by atoms with Gasteiger partial charge in [-0.3, -0.25) is 0 Å². The zero-order valence-electron chi connectivity index (χ0n) is 10.3. The molecule has 0 saturated carbocycles. The number of nitrogen functional groups attached to an aromatic ring is 1. The van der Waals surface area contributed by atoms with Crippen LogP contribution in [0.1, 0.15) is 38.4 Å². The number of hydrogen-bond donors (Lipinski definition) is 2. The molecule has 0 aliphatic carbocycles. The Hall–Kier alpha value is -1.20. The minimum Gasteiger partial charge on any atom is -0.370 e. The van der Waals surface area contributed by atoms with Crippen molar-refractivity contribution in [3.05, 3.63) is 17.6 Å². The molecule has 0 aliphatic heterocycles. The van der Waals surface area contributed by atoms with Crippen LogP contribution in [-0.2, 0) is 4.74 Å². The molecule has 90 valence electrons. The minimum atomic E-state index is -0.0861. The van der Waals surface area contributed by atoms with Crippen LogP contribution in [0.25, 0.3) is 0 Å². The molecular weight excluding hydrogens is 204 g/mol. The molecule has 0 aromatic carbocycles. The van der Waals surface area contributed by atoms with Crippen molar-refractivity contribution in [1.82, 2.24) is 9.97 Å². The molecule has 1 aromatic rings. The fourth-order valence-electron chi connectivity index (χ4n) is 1.54. The molecule has 16 heavy (non-hydrogen) atoms. The molecule has 1 atom stereocenters. The monoisotopic (exact) mass is 224 g/mol. The average Bonchev–Trinajstić information content (AvgIpc) is 2.24. The average molecular weight is 224 g/mol. The minimum absolute atomic E-state index is 0.0861. The van der Waals surface area contributed by atoms with Crippen LogP contribution in [-0.4, -0.2) is 16.6 Å². The van der Waals surface area contributed by atoms with Gasteiger partial charge >= 0.3 is 0 Å². The Morgan fingerprint density at radius 2 is 2.12 bits per heavy atom. The third-order valence-electron chi connectivity index (χ3n) is 2.23. The first-order valence-corrected chi connectivity index (χ1v) is 5.52. The first kappa shape index (κ1) is 12.9. The standard InChI is InChI=1S/C11H20N4O/c1-5-16-10(7(2)3)11-13-8(4)6-9(14-11)15-12/h6-7,10H,5,12H2,1-4H3,(H,13,14,15). The van der Waals surface area contributed by atoms with Gasteiger partial charge in [-0.1, -0.05) is 13.8 Å². The van der Waals surface area contributed by atoms with E-state index < -0.39 is 0 Å². The molecule has 5 nitrogen and oxygen atoms in total. The van der Waals surface area contributed by atoms with E-state index in [1.54, 1.807) is 6.07 Å². The van der Waals surface area contributed by atoms with E-state index in [9.17, 15) is 0 Å². The maximum atomic E-state index is 5.65. The van der Waals surface area contributed by atoms with Crippen LogP contribution in [0.2, 0.25) is 0 Å². The van der Waals surface area contributed by atoms with Crippen molar-refractivity contribution in [1.29, 1.82) is 0 Å². The highest BCUT2D eigenvalue weighted by Gasteiger charge is 2.19. The van der Waals surface area contributed by atoms with E-state index >= 15 is 0 Å². The maximum absolute atomic E-state index is 5.65. The van der Waals surface area contributed by atoms with E-state index in [0.717, 1.165) is 5.69 Å². The Morgan fingerprint density at radius 1 is 1.44 bits per heavy atom. The summed E-state index contributed by atoms with van der Waals surface area (Å²) in [5.74, 6) is 6.99. The number of hydrogen-bond acceptors (Lipinski definition) is 5. The summed E-state index contributed by atoms with van der Waals surface area (Å²) < 4.78 is 5.65. The molecule has 0 bridgehead atoms. The first-order chi connectivity index (χ1) is 7.58. The number of aromatic nitrogens is 2. The van der Waals surface area contributed by atoms with Gasteiger partial charge in [0.15, 0.2) is 5.82 Å². The zero-order chi connectivity index (χ0) is 12.1. The van der Waals surface area contributed by atoms with Gasteiger partial charge in [-0.05, 0) is 19.8 Å². The zero-order valence-corrected chi connectivity index (χ0v) is 10.3. The fraction of sp³-hybridized carbons (Fsp3) is 0.636. The van der Waals surface area contributed by atoms with Crippen LogP contribution >= 0.6 is 0 Å². The van der Waals surface area contributed by atoms with E-state index in [1.165, 1.54) is 0 Å². The van der Waals surface area contributed by atoms with Gasteiger partial charge in [0.2, 0.25) is 0 Å². The van der Waals surface area contributed by atoms with E-state index in [-0.39, 0.29) is 6.10 Å². The summed E-state index contributed by atoms with van der Waals surface area (Å²) in [7, 11) is 0. The van der Waals surface area contributed by atoms with Gasteiger partial charge in [-0.2, -0.15) is 0 Å². The molecule has 1 unspecified atom stereocenters. The van der Waals surface area contributed by atoms with E-state index in [4.69, 9.17) is 10.6 Å². The molecule has 5 heteroatoms. The van der Waals surface area contributed by atoms with Crippen LogP contribution in [0.3, 0.4) is 0 Å². The summed E-state index contributed by atoms with van der Waals surface area (Å²) in [6, 6.07) is 1.80. The summed E-state index contributed by atoms with van der Waals surface area (Å²) >= 11 is 0. The summed E-state index contributed by atoms with van der Waals surface area (Å²) in [6.45, 7) is 8.69. The van der Waals surface area contributed by atoms with Gasteiger partial charge in [0.25, 0.3) is 0 Å². The summed E-state index contributed by atoms with van der Waals surface area (Å²) in [6.07, 6.45) is -0.0861. The highest BCUT2D eigenvalue weighted by Crippen LogP contribution is 2.23. The second-order valence-electron chi connectivity index (χ2n) is 4.02. The molecule has 1 heterocycles. The Labute approximate surface area is 96.4 Å². The summed E-state index contributed by atoms with van der Waals surface area (Å²) in [4.78, 5) is 8.71. The van der Waals surface area contributed by atoms with Crippen molar-refractivity contribution in [3.8, 4) is 0 Å².